The van der Waals surface area contributed by atoms with Gasteiger partial charge in [0.05, 0.1) is 18.6 Å². The minimum Gasteiger partial charge on any atom is -0.377 e. The van der Waals surface area contributed by atoms with Gasteiger partial charge in [-0.2, -0.15) is 0 Å². The van der Waals surface area contributed by atoms with Crippen molar-refractivity contribution in [1.29, 1.82) is 0 Å². The fourth-order valence-electron chi connectivity index (χ4n) is 3.43. The van der Waals surface area contributed by atoms with Crippen LogP contribution in [0.1, 0.15) is 39.2 Å². The van der Waals surface area contributed by atoms with Crippen LogP contribution in [-0.2, 0) is 16.8 Å². The first-order valence-corrected chi connectivity index (χ1v) is 10.00. The summed E-state index contributed by atoms with van der Waals surface area (Å²) in [7, 11) is 0. The third-order valence-electron chi connectivity index (χ3n) is 4.93. The molecule has 0 bridgehead atoms. The number of thioether (sulfide) groups is 1. The molecule has 134 valence electrons. The molecule has 2 aliphatic rings. The molecule has 1 fully saturated rings. The second-order valence-corrected chi connectivity index (χ2v) is 8.88. The van der Waals surface area contributed by atoms with Crippen LogP contribution in [0.4, 0.5) is 0 Å². The number of hydrogen-bond donors (Lipinski definition) is 0. The van der Waals surface area contributed by atoms with E-state index in [0.717, 1.165) is 42.2 Å². The van der Waals surface area contributed by atoms with Crippen molar-refractivity contribution < 1.29 is 4.74 Å². The minimum atomic E-state index is 0.163. The predicted molar refractivity (Wildman–Crippen MR) is 101 cm³/mol. The predicted octanol–water partition coefficient (Wildman–Crippen LogP) is 3.74. The zero-order valence-electron chi connectivity index (χ0n) is 15.2. The van der Waals surface area contributed by atoms with Gasteiger partial charge in [0.2, 0.25) is 0 Å². The van der Waals surface area contributed by atoms with E-state index in [1.54, 1.807) is 11.8 Å². The molecule has 4 rings (SSSR count). The van der Waals surface area contributed by atoms with Gasteiger partial charge in [-0.15, -0.1) is 10.2 Å². The van der Waals surface area contributed by atoms with Gasteiger partial charge in [0.1, 0.15) is 0 Å². The van der Waals surface area contributed by atoms with Crippen LogP contribution in [0.15, 0.2) is 29.4 Å². The van der Waals surface area contributed by atoms with Gasteiger partial charge in [0.25, 0.3) is 0 Å². The van der Waals surface area contributed by atoms with Crippen LogP contribution < -0.4 is 0 Å². The Kier molecular flexibility index (Phi) is 4.60. The lowest BCUT2D eigenvalue weighted by Gasteiger charge is -2.29. The highest BCUT2D eigenvalue weighted by Crippen LogP contribution is 2.31. The van der Waals surface area contributed by atoms with E-state index in [9.17, 15) is 0 Å². The van der Waals surface area contributed by atoms with Gasteiger partial charge in [-0.1, -0.05) is 56.8 Å². The van der Waals surface area contributed by atoms with Gasteiger partial charge >= 0.3 is 0 Å². The number of rotatable bonds is 3. The molecule has 0 aliphatic carbocycles. The molecule has 1 aromatic heterocycles. The van der Waals surface area contributed by atoms with E-state index in [1.807, 2.05) is 0 Å². The van der Waals surface area contributed by atoms with Crippen molar-refractivity contribution in [1.82, 2.24) is 19.7 Å². The Balaban J connectivity index is 1.54. The monoisotopic (exact) mass is 358 g/mol. The molecule has 1 aromatic carbocycles. The lowest BCUT2D eigenvalue weighted by Crippen LogP contribution is -2.36. The smallest absolute Gasteiger partial charge is 0.193 e. The summed E-state index contributed by atoms with van der Waals surface area (Å²) in [5.74, 6) is 1.92. The van der Waals surface area contributed by atoms with Gasteiger partial charge in [-0.05, 0) is 23.8 Å². The first-order chi connectivity index (χ1) is 12.0. The Morgan fingerprint density at radius 3 is 2.68 bits per heavy atom. The van der Waals surface area contributed by atoms with Gasteiger partial charge in [0, 0.05) is 18.7 Å². The molecule has 1 saturated heterocycles. The highest BCUT2D eigenvalue weighted by atomic mass is 32.2. The van der Waals surface area contributed by atoms with Gasteiger partial charge < -0.3 is 4.74 Å². The molecule has 0 spiro atoms. The number of ether oxygens (including phenoxy) is 1. The molecule has 0 N–H and O–H groups in total. The molecule has 6 heteroatoms. The Morgan fingerprint density at radius 2 is 2.00 bits per heavy atom. The molecule has 1 unspecified atom stereocenters. The number of aromatic nitrogens is 3. The Labute approximate surface area is 153 Å². The second-order valence-electron chi connectivity index (χ2n) is 7.96. The van der Waals surface area contributed by atoms with Crippen molar-refractivity contribution in [2.24, 2.45) is 0 Å². The molecule has 2 aliphatic heterocycles. The van der Waals surface area contributed by atoms with Crippen molar-refractivity contribution in [3.8, 4) is 11.4 Å². The number of fused-ring (bicyclic) bond motifs is 1. The second kappa shape index (κ2) is 6.74. The van der Waals surface area contributed by atoms with Crippen LogP contribution in [0.2, 0.25) is 0 Å². The molecular formula is C19H26N4OS. The Morgan fingerprint density at radius 1 is 1.20 bits per heavy atom. The average molecular weight is 359 g/mol. The van der Waals surface area contributed by atoms with Gasteiger partial charge in [-0.3, -0.25) is 9.47 Å². The summed E-state index contributed by atoms with van der Waals surface area (Å²) in [4.78, 5) is 2.43. The highest BCUT2D eigenvalue weighted by molar-refractivity contribution is 7.99. The highest BCUT2D eigenvalue weighted by Gasteiger charge is 2.26. The first kappa shape index (κ1) is 17.1. The standard InChI is InChI=1S/C19H26N4OS/c1-19(2,3)15-8-6-14(7-9-15)17-20-21-18-23(17)12-22(13-25-18)11-16-5-4-10-24-16/h6-9,16H,4-5,10-13H2,1-3H3. The van der Waals surface area contributed by atoms with E-state index in [1.165, 1.54) is 18.4 Å². The lowest BCUT2D eigenvalue weighted by molar-refractivity contribution is 0.0677. The van der Waals surface area contributed by atoms with Crippen molar-refractivity contribution in [3.05, 3.63) is 29.8 Å². The zero-order valence-corrected chi connectivity index (χ0v) is 16.1. The maximum absolute atomic E-state index is 5.79. The molecule has 0 amide bonds. The topological polar surface area (TPSA) is 43.2 Å². The SMILES string of the molecule is CC(C)(C)c1ccc(-c2nnc3n2CN(CC2CCCO2)CS3)cc1. The number of benzene rings is 1. The van der Waals surface area contributed by atoms with Gasteiger partial charge in [0.15, 0.2) is 11.0 Å². The summed E-state index contributed by atoms with van der Waals surface area (Å²) >= 11 is 1.76. The molecule has 1 atom stereocenters. The molecule has 2 aromatic rings. The van der Waals surface area contributed by atoms with Crippen LogP contribution in [0.3, 0.4) is 0 Å². The summed E-state index contributed by atoms with van der Waals surface area (Å²) < 4.78 is 8.02. The molecule has 0 radical (unpaired) electrons. The normalized spacial score (nSPS) is 21.5. The maximum Gasteiger partial charge on any atom is 0.193 e. The molecule has 0 saturated carbocycles. The average Bonchev–Trinajstić information content (AvgIpc) is 3.23. The largest absolute Gasteiger partial charge is 0.377 e. The summed E-state index contributed by atoms with van der Waals surface area (Å²) in [5.41, 5.74) is 2.63. The summed E-state index contributed by atoms with van der Waals surface area (Å²) in [6, 6.07) is 8.75. The van der Waals surface area contributed by atoms with E-state index in [0.29, 0.717) is 6.10 Å². The third kappa shape index (κ3) is 3.61. The van der Waals surface area contributed by atoms with E-state index in [2.05, 4.69) is 64.7 Å². The molecular weight excluding hydrogens is 332 g/mol. The number of nitrogens with zero attached hydrogens (tertiary/aromatic N) is 4. The fraction of sp³-hybridized carbons (Fsp3) is 0.579. The summed E-state index contributed by atoms with van der Waals surface area (Å²) in [6.45, 7) is 9.45. The van der Waals surface area contributed by atoms with Crippen LogP contribution in [0.5, 0.6) is 0 Å². The van der Waals surface area contributed by atoms with E-state index in [4.69, 9.17) is 4.74 Å². The third-order valence-corrected chi connectivity index (χ3v) is 5.98. The van der Waals surface area contributed by atoms with E-state index >= 15 is 0 Å². The quantitative estimate of drug-likeness (QED) is 0.836. The van der Waals surface area contributed by atoms with Crippen molar-refractivity contribution in [3.63, 3.8) is 0 Å². The van der Waals surface area contributed by atoms with Crippen molar-refractivity contribution in [2.75, 3.05) is 19.0 Å². The maximum atomic E-state index is 5.79. The molecule has 25 heavy (non-hydrogen) atoms. The number of hydrogen-bond acceptors (Lipinski definition) is 5. The van der Waals surface area contributed by atoms with E-state index in [-0.39, 0.29) is 5.41 Å². The Hall–Kier alpha value is -1.37. The summed E-state index contributed by atoms with van der Waals surface area (Å²) in [5, 5.41) is 9.86. The molecule has 5 nitrogen and oxygen atoms in total. The minimum absolute atomic E-state index is 0.163. The fourth-order valence-corrected chi connectivity index (χ4v) is 4.32. The van der Waals surface area contributed by atoms with Crippen LogP contribution in [-0.4, -0.2) is 44.8 Å². The van der Waals surface area contributed by atoms with Crippen molar-refractivity contribution in [2.45, 2.75) is 57.0 Å². The van der Waals surface area contributed by atoms with Crippen LogP contribution >= 0.6 is 11.8 Å². The van der Waals surface area contributed by atoms with E-state index < -0.39 is 0 Å². The zero-order chi connectivity index (χ0) is 17.4. The van der Waals surface area contributed by atoms with Crippen LogP contribution in [0.25, 0.3) is 11.4 Å². The Bertz CT molecular complexity index is 729. The van der Waals surface area contributed by atoms with Crippen molar-refractivity contribution >= 4 is 11.8 Å². The van der Waals surface area contributed by atoms with Gasteiger partial charge in [-0.25, -0.2) is 0 Å². The van der Waals surface area contributed by atoms with Crippen LogP contribution in [0, 0.1) is 0 Å². The first-order valence-electron chi connectivity index (χ1n) is 9.01. The molecule has 3 heterocycles. The lowest BCUT2D eigenvalue weighted by atomic mass is 9.87. The summed E-state index contributed by atoms with van der Waals surface area (Å²) in [6.07, 6.45) is 2.75.